The maximum absolute atomic E-state index is 12.8. The first-order valence-electron chi connectivity index (χ1n) is 6.08. The van der Waals surface area contributed by atoms with Gasteiger partial charge in [0.05, 0.1) is 6.61 Å². The minimum Gasteiger partial charge on any atom is -0.461 e. The van der Waals surface area contributed by atoms with E-state index in [-0.39, 0.29) is 11.5 Å². The highest BCUT2D eigenvalue weighted by molar-refractivity contribution is 7.13. The largest absolute Gasteiger partial charge is 0.461 e. The Morgan fingerprint density at radius 3 is 2.75 bits per heavy atom. The Morgan fingerprint density at radius 1 is 1.30 bits per heavy atom. The molecule has 4 nitrogen and oxygen atoms in total. The number of methoxy groups -OCH3 is 1. The molecule has 1 aromatic carbocycles. The fourth-order valence-corrected chi connectivity index (χ4v) is 2.33. The van der Waals surface area contributed by atoms with E-state index in [0.717, 1.165) is 5.56 Å². The minimum absolute atomic E-state index is 0.270. The van der Waals surface area contributed by atoms with E-state index in [0.29, 0.717) is 24.6 Å². The number of ether oxygens (including phenoxy) is 2. The van der Waals surface area contributed by atoms with Gasteiger partial charge < -0.3 is 9.47 Å². The molecule has 0 spiro atoms. The van der Waals surface area contributed by atoms with Crippen molar-refractivity contribution in [2.45, 2.75) is 6.42 Å². The van der Waals surface area contributed by atoms with E-state index in [2.05, 4.69) is 4.98 Å². The van der Waals surface area contributed by atoms with Crippen LogP contribution in [-0.2, 0) is 9.47 Å². The zero-order valence-corrected chi connectivity index (χ0v) is 11.8. The number of carbonyl (C=O) groups is 1. The van der Waals surface area contributed by atoms with Crippen LogP contribution < -0.4 is 0 Å². The number of rotatable bonds is 6. The van der Waals surface area contributed by atoms with Gasteiger partial charge in [-0.15, -0.1) is 11.3 Å². The predicted octanol–water partition coefficient (Wildman–Crippen LogP) is 3.14. The van der Waals surface area contributed by atoms with Gasteiger partial charge in [0.1, 0.15) is 10.8 Å². The van der Waals surface area contributed by atoms with E-state index in [1.807, 2.05) is 0 Å². The molecular formula is C14H14FNO3S. The van der Waals surface area contributed by atoms with Gasteiger partial charge in [-0.05, 0) is 24.3 Å². The SMILES string of the molecule is COCCCOC(=O)c1csc(-c2ccc(F)cc2)n1. The summed E-state index contributed by atoms with van der Waals surface area (Å²) in [6, 6.07) is 5.97. The van der Waals surface area contributed by atoms with Crippen molar-refractivity contribution in [3.63, 3.8) is 0 Å². The topological polar surface area (TPSA) is 48.4 Å². The molecule has 0 aliphatic heterocycles. The fraction of sp³-hybridized carbons (Fsp3) is 0.286. The average Bonchev–Trinajstić information content (AvgIpc) is 2.94. The van der Waals surface area contributed by atoms with Crippen LogP contribution >= 0.6 is 11.3 Å². The van der Waals surface area contributed by atoms with Crippen LogP contribution in [0.5, 0.6) is 0 Å². The zero-order valence-electron chi connectivity index (χ0n) is 11.0. The summed E-state index contributed by atoms with van der Waals surface area (Å²) >= 11 is 1.32. The monoisotopic (exact) mass is 295 g/mol. The Bertz CT molecular complexity index is 568. The number of thiazole rings is 1. The lowest BCUT2D eigenvalue weighted by atomic mass is 10.2. The Kier molecular flexibility index (Phi) is 5.20. The lowest BCUT2D eigenvalue weighted by Gasteiger charge is -2.01. The Hall–Kier alpha value is -1.79. The predicted molar refractivity (Wildman–Crippen MR) is 74.3 cm³/mol. The molecular weight excluding hydrogens is 281 g/mol. The maximum atomic E-state index is 12.8. The first-order chi connectivity index (χ1) is 9.70. The number of esters is 1. The molecule has 1 aromatic heterocycles. The van der Waals surface area contributed by atoms with Gasteiger partial charge in [0.2, 0.25) is 0 Å². The molecule has 1 heterocycles. The summed E-state index contributed by atoms with van der Waals surface area (Å²) in [6.45, 7) is 0.848. The summed E-state index contributed by atoms with van der Waals surface area (Å²) in [4.78, 5) is 15.9. The van der Waals surface area contributed by atoms with Crippen LogP contribution in [-0.4, -0.2) is 31.3 Å². The summed E-state index contributed by atoms with van der Waals surface area (Å²) in [5.74, 6) is -0.756. The third-order valence-corrected chi connectivity index (χ3v) is 3.42. The number of halogens is 1. The summed E-state index contributed by atoms with van der Waals surface area (Å²) in [6.07, 6.45) is 0.650. The second kappa shape index (κ2) is 7.12. The smallest absolute Gasteiger partial charge is 0.357 e. The minimum atomic E-state index is -0.453. The maximum Gasteiger partial charge on any atom is 0.357 e. The number of carbonyl (C=O) groups excluding carboxylic acids is 1. The van der Waals surface area contributed by atoms with Gasteiger partial charge in [0.15, 0.2) is 5.69 Å². The molecule has 106 valence electrons. The fourth-order valence-electron chi connectivity index (χ4n) is 1.53. The molecule has 2 aromatic rings. The molecule has 0 saturated heterocycles. The van der Waals surface area contributed by atoms with E-state index in [4.69, 9.17) is 9.47 Å². The number of hydrogen-bond donors (Lipinski definition) is 0. The van der Waals surface area contributed by atoms with Crippen LogP contribution in [0.4, 0.5) is 4.39 Å². The molecule has 6 heteroatoms. The van der Waals surface area contributed by atoms with Crippen molar-refractivity contribution in [3.8, 4) is 10.6 Å². The van der Waals surface area contributed by atoms with Crippen molar-refractivity contribution in [2.75, 3.05) is 20.3 Å². The normalized spacial score (nSPS) is 10.5. The highest BCUT2D eigenvalue weighted by atomic mass is 32.1. The van der Waals surface area contributed by atoms with Crippen LogP contribution in [0.1, 0.15) is 16.9 Å². The summed E-state index contributed by atoms with van der Waals surface area (Å²) in [5.41, 5.74) is 1.04. The highest BCUT2D eigenvalue weighted by Crippen LogP contribution is 2.24. The third-order valence-electron chi connectivity index (χ3n) is 2.53. The lowest BCUT2D eigenvalue weighted by Crippen LogP contribution is -2.08. The van der Waals surface area contributed by atoms with E-state index in [1.165, 1.54) is 23.5 Å². The Balaban J connectivity index is 1.98. The molecule has 0 N–H and O–H groups in total. The number of benzene rings is 1. The van der Waals surface area contributed by atoms with E-state index in [9.17, 15) is 9.18 Å². The van der Waals surface area contributed by atoms with Crippen molar-refractivity contribution in [3.05, 3.63) is 41.2 Å². The molecule has 0 radical (unpaired) electrons. The van der Waals surface area contributed by atoms with Crippen molar-refractivity contribution in [2.24, 2.45) is 0 Å². The standard InChI is InChI=1S/C14H14FNO3S/c1-18-7-2-8-19-14(17)12-9-20-13(16-12)10-3-5-11(15)6-4-10/h3-6,9H,2,7-8H2,1H3. The van der Waals surface area contributed by atoms with Gasteiger partial charge in [-0.2, -0.15) is 0 Å². The van der Waals surface area contributed by atoms with Gasteiger partial charge in [-0.25, -0.2) is 14.2 Å². The summed E-state index contributed by atoms with van der Waals surface area (Å²) < 4.78 is 22.8. The van der Waals surface area contributed by atoms with Crippen LogP contribution in [0, 0.1) is 5.82 Å². The summed E-state index contributed by atoms with van der Waals surface area (Å²) in [7, 11) is 1.59. The van der Waals surface area contributed by atoms with Crippen LogP contribution in [0.3, 0.4) is 0 Å². The van der Waals surface area contributed by atoms with Gasteiger partial charge >= 0.3 is 5.97 Å². The van der Waals surface area contributed by atoms with Gasteiger partial charge in [-0.3, -0.25) is 0 Å². The van der Waals surface area contributed by atoms with Crippen molar-refractivity contribution in [1.29, 1.82) is 0 Å². The first-order valence-corrected chi connectivity index (χ1v) is 6.96. The van der Waals surface area contributed by atoms with Crippen molar-refractivity contribution in [1.82, 2.24) is 4.98 Å². The molecule has 0 unspecified atom stereocenters. The number of nitrogens with zero attached hydrogens (tertiary/aromatic N) is 1. The van der Waals surface area contributed by atoms with Crippen LogP contribution in [0.25, 0.3) is 10.6 Å². The van der Waals surface area contributed by atoms with E-state index >= 15 is 0 Å². The highest BCUT2D eigenvalue weighted by Gasteiger charge is 2.13. The molecule has 0 fully saturated rings. The molecule has 20 heavy (non-hydrogen) atoms. The summed E-state index contributed by atoms with van der Waals surface area (Å²) in [5, 5.41) is 2.30. The number of hydrogen-bond acceptors (Lipinski definition) is 5. The molecule has 0 aliphatic carbocycles. The van der Waals surface area contributed by atoms with Crippen molar-refractivity contribution >= 4 is 17.3 Å². The van der Waals surface area contributed by atoms with Gasteiger partial charge in [0, 0.05) is 31.1 Å². The molecule has 0 saturated carbocycles. The van der Waals surface area contributed by atoms with Crippen LogP contribution in [0.15, 0.2) is 29.6 Å². The lowest BCUT2D eigenvalue weighted by molar-refractivity contribution is 0.0462. The third kappa shape index (κ3) is 3.85. The molecule has 2 rings (SSSR count). The quantitative estimate of drug-likeness (QED) is 0.607. The van der Waals surface area contributed by atoms with Crippen molar-refractivity contribution < 1.29 is 18.7 Å². The average molecular weight is 295 g/mol. The molecule has 0 amide bonds. The second-order valence-corrected chi connectivity index (χ2v) is 4.89. The number of aromatic nitrogens is 1. The van der Waals surface area contributed by atoms with Crippen LogP contribution in [0.2, 0.25) is 0 Å². The Morgan fingerprint density at radius 2 is 2.05 bits per heavy atom. The molecule has 0 bridgehead atoms. The van der Waals surface area contributed by atoms with Gasteiger partial charge in [-0.1, -0.05) is 0 Å². The first kappa shape index (κ1) is 14.6. The van der Waals surface area contributed by atoms with E-state index < -0.39 is 5.97 Å². The molecule has 0 atom stereocenters. The zero-order chi connectivity index (χ0) is 14.4. The van der Waals surface area contributed by atoms with Gasteiger partial charge in [0.25, 0.3) is 0 Å². The Labute approximate surface area is 120 Å². The van der Waals surface area contributed by atoms with E-state index in [1.54, 1.807) is 24.6 Å². The molecule has 0 aliphatic rings. The second-order valence-electron chi connectivity index (χ2n) is 4.03.